The van der Waals surface area contributed by atoms with Crippen molar-refractivity contribution in [2.24, 2.45) is 5.92 Å². The van der Waals surface area contributed by atoms with Gasteiger partial charge in [0.2, 0.25) is 5.91 Å². The molecule has 2 fully saturated rings. The highest BCUT2D eigenvalue weighted by molar-refractivity contribution is 6.30. The number of urea groups is 1. The molecule has 1 N–H and O–H groups in total. The molecular formula is C20H26ClN3O3. The quantitative estimate of drug-likeness (QED) is 0.801. The summed E-state index contributed by atoms with van der Waals surface area (Å²) in [6, 6.07) is 6.40. The van der Waals surface area contributed by atoms with Crippen LogP contribution < -0.4 is 5.32 Å². The number of nitrogens with zero attached hydrogens (tertiary/aromatic N) is 2. The van der Waals surface area contributed by atoms with E-state index in [0.29, 0.717) is 16.5 Å². The lowest BCUT2D eigenvalue weighted by molar-refractivity contribution is -0.139. The molecule has 1 unspecified atom stereocenters. The summed E-state index contributed by atoms with van der Waals surface area (Å²) < 4.78 is 0. The molecule has 1 atom stereocenters. The van der Waals surface area contributed by atoms with Gasteiger partial charge in [0.25, 0.3) is 5.91 Å². The second kappa shape index (κ2) is 7.50. The van der Waals surface area contributed by atoms with Gasteiger partial charge in [-0.1, -0.05) is 30.7 Å². The Balaban J connectivity index is 1.70. The Morgan fingerprint density at radius 2 is 1.81 bits per heavy atom. The number of carbonyl (C=O) groups is 3. The topological polar surface area (TPSA) is 69.7 Å². The minimum atomic E-state index is -1.19. The van der Waals surface area contributed by atoms with Crippen LogP contribution in [0.1, 0.15) is 45.1 Å². The van der Waals surface area contributed by atoms with Gasteiger partial charge < -0.3 is 10.2 Å². The summed E-state index contributed by atoms with van der Waals surface area (Å²) in [4.78, 5) is 40.8. The van der Waals surface area contributed by atoms with Crippen molar-refractivity contribution in [2.75, 3.05) is 13.6 Å². The average molecular weight is 392 g/mol. The molecule has 0 spiro atoms. The van der Waals surface area contributed by atoms with Crippen LogP contribution in [0.15, 0.2) is 24.3 Å². The van der Waals surface area contributed by atoms with E-state index in [4.69, 9.17) is 11.6 Å². The Hall–Kier alpha value is -2.08. The molecule has 3 rings (SSSR count). The Bertz CT molecular complexity index is 743. The third kappa shape index (κ3) is 3.81. The summed E-state index contributed by atoms with van der Waals surface area (Å²) in [6.07, 6.45) is 4.12. The number of nitrogens with one attached hydrogen (secondary N) is 1. The van der Waals surface area contributed by atoms with E-state index in [0.717, 1.165) is 30.6 Å². The number of carbonyl (C=O) groups excluding carboxylic acids is 3. The van der Waals surface area contributed by atoms with Gasteiger partial charge in [-0.15, -0.1) is 0 Å². The molecule has 6 nitrogen and oxygen atoms in total. The highest BCUT2D eigenvalue weighted by Crippen LogP contribution is 2.30. The largest absolute Gasteiger partial charge is 0.341 e. The minimum Gasteiger partial charge on any atom is -0.341 e. The number of hydrogen-bond donors (Lipinski definition) is 1. The predicted molar refractivity (Wildman–Crippen MR) is 103 cm³/mol. The Kier molecular flexibility index (Phi) is 5.47. The second-order valence-corrected chi connectivity index (χ2v) is 8.31. The van der Waals surface area contributed by atoms with E-state index in [9.17, 15) is 14.4 Å². The highest BCUT2D eigenvalue weighted by Gasteiger charge is 2.49. The molecule has 0 radical (unpaired) electrons. The number of imide groups is 1. The van der Waals surface area contributed by atoms with Gasteiger partial charge in [0.05, 0.1) is 0 Å². The number of halogens is 1. The number of rotatable bonds is 4. The molecule has 1 saturated carbocycles. The maximum absolute atomic E-state index is 12.9. The fraction of sp³-hybridized carbons (Fsp3) is 0.550. The van der Waals surface area contributed by atoms with Crippen LogP contribution in [0.3, 0.4) is 0 Å². The number of likely N-dealkylation sites (N-methyl/N-ethyl adjacent to an activating group) is 1. The molecule has 1 saturated heterocycles. The maximum atomic E-state index is 12.9. The van der Waals surface area contributed by atoms with Gasteiger partial charge in [-0.05, 0) is 56.2 Å². The zero-order valence-electron chi connectivity index (χ0n) is 16.0. The number of hydrogen-bond acceptors (Lipinski definition) is 3. The Labute approximate surface area is 164 Å². The molecule has 0 aromatic heterocycles. The van der Waals surface area contributed by atoms with Gasteiger partial charge in [0.1, 0.15) is 12.1 Å². The van der Waals surface area contributed by atoms with Gasteiger partial charge in [0, 0.05) is 18.1 Å². The van der Waals surface area contributed by atoms with Crippen molar-refractivity contribution >= 4 is 29.4 Å². The maximum Gasteiger partial charge on any atom is 0.325 e. The van der Waals surface area contributed by atoms with Crippen molar-refractivity contribution in [1.82, 2.24) is 15.1 Å². The van der Waals surface area contributed by atoms with Crippen molar-refractivity contribution in [3.05, 3.63) is 34.9 Å². The van der Waals surface area contributed by atoms with Crippen molar-refractivity contribution < 1.29 is 14.4 Å². The first kappa shape index (κ1) is 19.7. The minimum absolute atomic E-state index is 0.178. The second-order valence-electron chi connectivity index (χ2n) is 7.87. The molecule has 1 aromatic rings. The van der Waals surface area contributed by atoms with Crippen LogP contribution in [0.25, 0.3) is 0 Å². The Morgan fingerprint density at radius 1 is 1.22 bits per heavy atom. The zero-order valence-corrected chi connectivity index (χ0v) is 16.8. The molecule has 1 aliphatic carbocycles. The van der Waals surface area contributed by atoms with Crippen LogP contribution in [-0.4, -0.2) is 47.3 Å². The van der Waals surface area contributed by atoms with E-state index in [1.54, 1.807) is 43.1 Å². The van der Waals surface area contributed by atoms with E-state index in [1.165, 1.54) is 0 Å². The molecule has 146 valence electrons. The summed E-state index contributed by atoms with van der Waals surface area (Å²) in [6.45, 7) is 3.63. The van der Waals surface area contributed by atoms with Crippen LogP contribution in [0.4, 0.5) is 4.79 Å². The highest BCUT2D eigenvalue weighted by atomic mass is 35.5. The monoisotopic (exact) mass is 391 g/mol. The predicted octanol–water partition coefficient (Wildman–Crippen LogP) is 3.14. The smallest absolute Gasteiger partial charge is 0.325 e. The first-order chi connectivity index (χ1) is 12.7. The third-order valence-electron chi connectivity index (χ3n) is 5.92. The van der Waals surface area contributed by atoms with E-state index in [-0.39, 0.29) is 18.5 Å². The van der Waals surface area contributed by atoms with Crippen LogP contribution in [0.2, 0.25) is 5.02 Å². The molecular weight excluding hydrogens is 366 g/mol. The number of benzene rings is 1. The molecule has 1 aromatic carbocycles. The van der Waals surface area contributed by atoms with E-state index in [1.807, 2.05) is 0 Å². The van der Waals surface area contributed by atoms with Crippen molar-refractivity contribution in [3.8, 4) is 0 Å². The first-order valence-corrected chi connectivity index (χ1v) is 9.76. The molecule has 7 heteroatoms. The number of amides is 4. The molecule has 1 aliphatic heterocycles. The summed E-state index contributed by atoms with van der Waals surface area (Å²) in [5.74, 6) is 0.0584. The normalized spacial score (nSPS) is 28.2. The molecule has 0 bridgehead atoms. The summed E-state index contributed by atoms with van der Waals surface area (Å²) in [5.41, 5.74) is -0.560. The van der Waals surface area contributed by atoms with Gasteiger partial charge in [-0.25, -0.2) is 4.79 Å². The van der Waals surface area contributed by atoms with Crippen molar-refractivity contribution in [2.45, 2.75) is 51.1 Å². The fourth-order valence-corrected chi connectivity index (χ4v) is 4.03. The molecule has 4 amide bonds. The lowest BCUT2D eigenvalue weighted by Crippen LogP contribution is -2.47. The van der Waals surface area contributed by atoms with E-state index >= 15 is 0 Å². The van der Waals surface area contributed by atoms with Crippen LogP contribution in [0.5, 0.6) is 0 Å². The SMILES string of the molecule is CC1CCC(N(C)C(=O)CN2C(=O)NC(C)(c3ccc(Cl)cc3)C2=O)CC1. The van der Waals surface area contributed by atoms with Crippen LogP contribution in [0, 0.1) is 5.92 Å². The van der Waals surface area contributed by atoms with E-state index < -0.39 is 17.5 Å². The first-order valence-electron chi connectivity index (χ1n) is 9.38. The molecule has 27 heavy (non-hydrogen) atoms. The average Bonchev–Trinajstić information content (AvgIpc) is 2.86. The summed E-state index contributed by atoms with van der Waals surface area (Å²) in [7, 11) is 1.76. The third-order valence-corrected chi connectivity index (χ3v) is 6.17. The van der Waals surface area contributed by atoms with Crippen LogP contribution in [-0.2, 0) is 15.1 Å². The molecule has 1 heterocycles. The summed E-state index contributed by atoms with van der Waals surface area (Å²) in [5, 5.41) is 3.27. The van der Waals surface area contributed by atoms with Gasteiger partial charge in [-0.3, -0.25) is 14.5 Å². The lowest BCUT2D eigenvalue weighted by atomic mass is 9.87. The van der Waals surface area contributed by atoms with Gasteiger partial charge >= 0.3 is 6.03 Å². The van der Waals surface area contributed by atoms with Crippen LogP contribution >= 0.6 is 11.6 Å². The Morgan fingerprint density at radius 3 is 2.41 bits per heavy atom. The fourth-order valence-electron chi connectivity index (χ4n) is 3.90. The van der Waals surface area contributed by atoms with Crippen molar-refractivity contribution in [3.63, 3.8) is 0 Å². The van der Waals surface area contributed by atoms with Crippen molar-refractivity contribution in [1.29, 1.82) is 0 Å². The zero-order chi connectivity index (χ0) is 19.8. The standard InChI is InChI=1S/C20H26ClN3O3/c1-13-4-10-16(11-5-13)23(3)17(25)12-24-18(26)20(2,22-19(24)27)14-6-8-15(21)9-7-14/h6-9,13,16H,4-5,10-12H2,1-3H3,(H,22,27). The van der Waals surface area contributed by atoms with Gasteiger partial charge in [-0.2, -0.15) is 0 Å². The molecule has 2 aliphatic rings. The van der Waals surface area contributed by atoms with Gasteiger partial charge in [0.15, 0.2) is 0 Å². The summed E-state index contributed by atoms with van der Waals surface area (Å²) >= 11 is 5.91. The van der Waals surface area contributed by atoms with E-state index in [2.05, 4.69) is 12.2 Å². The lowest BCUT2D eigenvalue weighted by Gasteiger charge is -2.34.